The Labute approximate surface area is 156 Å². The molecule has 0 bridgehead atoms. The quantitative estimate of drug-likeness (QED) is 0.604. The molecular weight excluding hydrogens is 340 g/mol. The summed E-state index contributed by atoms with van der Waals surface area (Å²) in [6.45, 7) is 3.13. The number of carbonyl (C=O) groups excluding carboxylic acids is 1. The molecule has 136 valence electrons. The van der Waals surface area contributed by atoms with Crippen LogP contribution in [0.15, 0.2) is 48.8 Å². The first-order chi connectivity index (χ1) is 13.1. The van der Waals surface area contributed by atoms with Gasteiger partial charge in [-0.1, -0.05) is 18.2 Å². The van der Waals surface area contributed by atoms with Crippen molar-refractivity contribution in [2.75, 3.05) is 12.8 Å². The highest BCUT2D eigenvalue weighted by atomic mass is 16.2. The highest BCUT2D eigenvalue weighted by Crippen LogP contribution is 2.20. The third-order valence-corrected chi connectivity index (χ3v) is 4.67. The number of hydrogen-bond acceptors (Lipinski definition) is 5. The molecule has 27 heavy (non-hydrogen) atoms. The zero-order valence-electron chi connectivity index (χ0n) is 15.3. The van der Waals surface area contributed by atoms with Crippen LogP contribution in [0.25, 0.3) is 22.1 Å². The lowest BCUT2D eigenvalue weighted by atomic mass is 10.1. The van der Waals surface area contributed by atoms with Gasteiger partial charge in [-0.25, -0.2) is 9.97 Å². The number of pyridine rings is 2. The second-order valence-electron chi connectivity index (χ2n) is 6.43. The predicted octanol–water partition coefficient (Wildman–Crippen LogP) is 2.85. The second-order valence-corrected chi connectivity index (χ2v) is 6.43. The van der Waals surface area contributed by atoms with Gasteiger partial charge in [-0.3, -0.25) is 14.3 Å². The Bertz CT molecular complexity index is 1140. The van der Waals surface area contributed by atoms with Crippen LogP contribution in [0.2, 0.25) is 0 Å². The van der Waals surface area contributed by atoms with Gasteiger partial charge in [0, 0.05) is 37.9 Å². The Morgan fingerprint density at radius 2 is 2.04 bits per heavy atom. The second kappa shape index (κ2) is 6.68. The number of imidazole rings is 1. The molecule has 0 radical (unpaired) electrons. The Morgan fingerprint density at radius 1 is 1.19 bits per heavy atom. The number of carbonyl (C=O) groups is 1. The lowest BCUT2D eigenvalue weighted by Gasteiger charge is -2.18. The number of fused-ring (bicyclic) bond motifs is 2. The van der Waals surface area contributed by atoms with E-state index in [1.54, 1.807) is 30.4 Å². The number of anilines is 1. The first kappa shape index (κ1) is 17.0. The molecule has 0 fully saturated rings. The summed E-state index contributed by atoms with van der Waals surface area (Å²) in [7, 11) is 1.78. The number of benzene rings is 1. The number of aryl methyl sites for hydroxylation is 1. The molecule has 1 amide bonds. The summed E-state index contributed by atoms with van der Waals surface area (Å²) >= 11 is 0. The number of amides is 1. The summed E-state index contributed by atoms with van der Waals surface area (Å²) in [6.07, 6.45) is 3.35. The van der Waals surface area contributed by atoms with Gasteiger partial charge in [0.25, 0.3) is 5.91 Å². The van der Waals surface area contributed by atoms with E-state index in [-0.39, 0.29) is 5.91 Å². The lowest BCUT2D eigenvalue weighted by molar-refractivity contribution is 0.0785. The fourth-order valence-electron chi connectivity index (χ4n) is 3.31. The van der Waals surface area contributed by atoms with Gasteiger partial charge in [-0.15, -0.1) is 0 Å². The summed E-state index contributed by atoms with van der Waals surface area (Å²) in [5.74, 6) is 0.288. The summed E-state index contributed by atoms with van der Waals surface area (Å²) in [6, 6.07) is 11.6. The Hall–Kier alpha value is -3.48. The molecule has 0 aliphatic heterocycles. The molecule has 0 saturated heterocycles. The van der Waals surface area contributed by atoms with Crippen LogP contribution in [-0.4, -0.2) is 37.4 Å². The van der Waals surface area contributed by atoms with Gasteiger partial charge in [0.15, 0.2) is 5.65 Å². The highest BCUT2D eigenvalue weighted by Gasteiger charge is 2.16. The maximum absolute atomic E-state index is 12.9. The van der Waals surface area contributed by atoms with E-state index in [2.05, 4.69) is 15.0 Å². The van der Waals surface area contributed by atoms with Crippen molar-refractivity contribution in [2.24, 2.45) is 0 Å². The number of hydrogen-bond donors (Lipinski definition) is 1. The third kappa shape index (κ3) is 2.97. The first-order valence-corrected chi connectivity index (χ1v) is 8.78. The Balaban J connectivity index is 1.63. The van der Waals surface area contributed by atoms with Crippen molar-refractivity contribution in [1.82, 2.24) is 24.4 Å². The van der Waals surface area contributed by atoms with E-state index in [4.69, 9.17) is 5.73 Å². The zero-order valence-corrected chi connectivity index (χ0v) is 15.3. The minimum atomic E-state index is -0.116. The monoisotopic (exact) mass is 360 g/mol. The first-order valence-electron chi connectivity index (χ1n) is 8.78. The van der Waals surface area contributed by atoms with Crippen LogP contribution >= 0.6 is 0 Å². The van der Waals surface area contributed by atoms with Gasteiger partial charge >= 0.3 is 0 Å². The minimum Gasteiger partial charge on any atom is -0.369 e. The predicted molar refractivity (Wildman–Crippen MR) is 105 cm³/mol. The number of rotatable bonds is 4. The van der Waals surface area contributed by atoms with Crippen LogP contribution in [0.1, 0.15) is 22.8 Å². The van der Waals surface area contributed by atoms with Crippen molar-refractivity contribution in [3.63, 3.8) is 0 Å². The summed E-state index contributed by atoms with van der Waals surface area (Å²) in [5, 5.41) is 1.04. The molecule has 4 rings (SSSR count). The third-order valence-electron chi connectivity index (χ3n) is 4.67. The maximum Gasteiger partial charge on any atom is 0.255 e. The SMILES string of the molecule is CCn1c(N)nc2cc(C(=O)N(C)Cc3cccc4ncccc34)cnc21. The van der Waals surface area contributed by atoms with E-state index in [1.807, 2.05) is 41.8 Å². The summed E-state index contributed by atoms with van der Waals surface area (Å²) < 4.78 is 1.82. The van der Waals surface area contributed by atoms with Crippen molar-refractivity contribution in [2.45, 2.75) is 20.0 Å². The largest absolute Gasteiger partial charge is 0.369 e. The average molecular weight is 360 g/mol. The molecule has 1 aromatic carbocycles. The van der Waals surface area contributed by atoms with Crippen molar-refractivity contribution in [3.8, 4) is 0 Å². The maximum atomic E-state index is 12.9. The molecule has 7 heteroatoms. The van der Waals surface area contributed by atoms with Gasteiger partial charge in [0.1, 0.15) is 5.52 Å². The van der Waals surface area contributed by atoms with Crippen LogP contribution in [0.3, 0.4) is 0 Å². The normalized spacial score (nSPS) is 11.2. The molecular formula is C20H20N6O. The summed E-state index contributed by atoms with van der Waals surface area (Å²) in [5.41, 5.74) is 9.68. The molecule has 0 unspecified atom stereocenters. The van der Waals surface area contributed by atoms with Gasteiger partial charge < -0.3 is 10.6 Å². The molecule has 0 spiro atoms. The van der Waals surface area contributed by atoms with Crippen LogP contribution in [0.5, 0.6) is 0 Å². The van der Waals surface area contributed by atoms with Crippen LogP contribution < -0.4 is 5.73 Å². The van der Waals surface area contributed by atoms with Crippen molar-refractivity contribution < 1.29 is 4.79 Å². The van der Waals surface area contributed by atoms with Gasteiger partial charge in [-0.2, -0.15) is 0 Å². The van der Waals surface area contributed by atoms with Crippen molar-refractivity contribution in [1.29, 1.82) is 0 Å². The number of nitrogen functional groups attached to an aromatic ring is 1. The molecule has 0 aliphatic rings. The van der Waals surface area contributed by atoms with E-state index in [1.165, 1.54) is 0 Å². The Morgan fingerprint density at radius 3 is 2.85 bits per heavy atom. The molecule has 3 heterocycles. The van der Waals surface area contributed by atoms with E-state index in [0.29, 0.717) is 35.8 Å². The van der Waals surface area contributed by atoms with E-state index >= 15 is 0 Å². The molecule has 0 saturated carbocycles. The van der Waals surface area contributed by atoms with Crippen LogP contribution in [0.4, 0.5) is 5.95 Å². The fraction of sp³-hybridized carbons (Fsp3) is 0.200. The Kier molecular flexibility index (Phi) is 4.19. The summed E-state index contributed by atoms with van der Waals surface area (Å²) in [4.78, 5) is 27.6. The average Bonchev–Trinajstić information content (AvgIpc) is 3.01. The van der Waals surface area contributed by atoms with E-state index in [0.717, 1.165) is 16.5 Å². The smallest absolute Gasteiger partial charge is 0.255 e. The number of aromatic nitrogens is 4. The van der Waals surface area contributed by atoms with Crippen molar-refractivity contribution >= 4 is 33.9 Å². The fourth-order valence-corrected chi connectivity index (χ4v) is 3.31. The van der Waals surface area contributed by atoms with Crippen LogP contribution in [0, 0.1) is 0 Å². The molecule has 0 atom stereocenters. The van der Waals surface area contributed by atoms with Crippen LogP contribution in [-0.2, 0) is 13.1 Å². The molecule has 0 aliphatic carbocycles. The minimum absolute atomic E-state index is 0.116. The van der Waals surface area contributed by atoms with Crippen molar-refractivity contribution in [3.05, 3.63) is 59.9 Å². The lowest BCUT2D eigenvalue weighted by Crippen LogP contribution is -2.26. The van der Waals surface area contributed by atoms with E-state index < -0.39 is 0 Å². The topological polar surface area (TPSA) is 89.9 Å². The van der Waals surface area contributed by atoms with Gasteiger partial charge in [0.05, 0.1) is 11.1 Å². The molecule has 2 N–H and O–H groups in total. The number of nitrogens with zero attached hydrogens (tertiary/aromatic N) is 5. The highest BCUT2D eigenvalue weighted by molar-refractivity contribution is 5.96. The van der Waals surface area contributed by atoms with E-state index in [9.17, 15) is 4.79 Å². The van der Waals surface area contributed by atoms with Gasteiger partial charge in [-0.05, 0) is 30.7 Å². The number of nitrogens with two attached hydrogens (primary N) is 1. The van der Waals surface area contributed by atoms with Gasteiger partial charge in [0.2, 0.25) is 5.95 Å². The molecule has 7 nitrogen and oxygen atoms in total. The molecule has 4 aromatic rings. The standard InChI is InChI=1S/C20H20N6O/c1-3-26-18-17(24-20(26)21)10-14(11-23-18)19(27)25(2)12-13-6-4-8-16-15(13)7-5-9-22-16/h4-11H,3,12H2,1-2H3,(H2,21,24). The zero-order chi connectivity index (χ0) is 19.0. The molecule has 3 aromatic heterocycles.